The Morgan fingerprint density at radius 1 is 0.755 bits per heavy atom. The van der Waals surface area contributed by atoms with Crippen molar-refractivity contribution in [1.29, 1.82) is 0 Å². The maximum Gasteiger partial charge on any atom is 0.249 e. The first-order chi connectivity index (χ1) is 25.4. The van der Waals surface area contributed by atoms with Crippen molar-refractivity contribution in [2.45, 2.75) is 47.5 Å². The molecular weight excluding hydrogens is 665 g/mol. The van der Waals surface area contributed by atoms with E-state index in [1.807, 2.05) is 38.1 Å². The van der Waals surface area contributed by atoms with Crippen LogP contribution in [0, 0.1) is 33.6 Å². The largest absolute Gasteiger partial charge is 0.508 e. The predicted octanol–water partition coefficient (Wildman–Crippen LogP) is 8.31. The summed E-state index contributed by atoms with van der Waals surface area (Å²) in [6, 6.07) is 25.6. The lowest BCUT2D eigenvalue weighted by atomic mass is 9.97. The van der Waals surface area contributed by atoms with Crippen molar-refractivity contribution in [1.82, 2.24) is 10.3 Å². The van der Waals surface area contributed by atoms with Crippen molar-refractivity contribution in [3.8, 4) is 33.9 Å². The number of rotatable bonds is 9. The topological polar surface area (TPSA) is 144 Å². The van der Waals surface area contributed by atoms with Crippen LogP contribution in [0.2, 0.25) is 0 Å². The van der Waals surface area contributed by atoms with Gasteiger partial charge >= 0.3 is 0 Å². The summed E-state index contributed by atoms with van der Waals surface area (Å²) in [5, 5.41) is 29.0. The Morgan fingerprint density at radius 2 is 1.43 bits per heavy atom. The molecule has 0 unspecified atom stereocenters. The highest BCUT2D eigenvalue weighted by Crippen LogP contribution is 2.30. The lowest BCUT2D eigenvalue weighted by Gasteiger charge is -2.23. The standard InChI is InChI=1S/C25H29N3O2.C19H19NO3/c1-16-12-21(27-15-18-7-9-26-10-8-18)4-5-22(16)23-13-20(14-25(30)28-23)19-3-6-24(29)17(2)11-19;1-12-11-16(20-14(3)21)6-7-17(12)19(23)9-5-15-4-8-18(22)13(2)10-15/h3-6,11-14,18,26-27,29H,7-10,15H2,1-2H3,(H,28,30);4-11,22H,1-3H3,(H,20,21)/b;9-5+. The Morgan fingerprint density at radius 3 is 2.09 bits per heavy atom. The molecule has 9 nitrogen and oxygen atoms in total. The summed E-state index contributed by atoms with van der Waals surface area (Å²) in [5.74, 6) is 0.951. The van der Waals surface area contributed by atoms with Gasteiger partial charge in [-0.05, 0) is 165 Å². The number of carbonyl (C=O) groups is 2. The van der Waals surface area contributed by atoms with Crippen molar-refractivity contribution in [2.75, 3.05) is 30.3 Å². The molecule has 0 radical (unpaired) electrons. The van der Waals surface area contributed by atoms with Gasteiger partial charge in [-0.1, -0.05) is 24.3 Å². The first-order valence-corrected chi connectivity index (χ1v) is 17.9. The van der Waals surface area contributed by atoms with Gasteiger partial charge in [0.25, 0.3) is 0 Å². The fourth-order valence-electron chi connectivity index (χ4n) is 6.38. The SMILES string of the molecule is CC(=O)Nc1ccc(C(=O)/C=C/c2ccc(O)c(C)c2)c(C)c1.Cc1cc(-c2cc(-c3ccc(NCC4CCNCC4)cc3C)[nH]c(=O)c2)ccc1O. The highest BCUT2D eigenvalue weighted by Gasteiger charge is 2.14. The molecule has 1 aromatic heterocycles. The van der Waals surface area contributed by atoms with Crippen molar-refractivity contribution in [2.24, 2.45) is 5.92 Å². The van der Waals surface area contributed by atoms with E-state index in [0.29, 0.717) is 17.2 Å². The Balaban J connectivity index is 0.000000212. The van der Waals surface area contributed by atoms with Crippen LogP contribution in [0.3, 0.4) is 0 Å². The third-order valence-electron chi connectivity index (χ3n) is 9.40. The predicted molar refractivity (Wildman–Crippen MR) is 215 cm³/mol. The second-order valence-electron chi connectivity index (χ2n) is 13.7. The van der Waals surface area contributed by atoms with E-state index in [-0.39, 0.29) is 28.7 Å². The average Bonchev–Trinajstić information content (AvgIpc) is 3.12. The molecule has 53 heavy (non-hydrogen) atoms. The molecule has 4 aromatic carbocycles. The number of phenolic OH excluding ortho intramolecular Hbond substituents is 2. The zero-order chi connectivity index (χ0) is 38.1. The number of anilines is 2. The van der Waals surface area contributed by atoms with Gasteiger partial charge in [0.2, 0.25) is 11.5 Å². The average molecular weight is 713 g/mol. The zero-order valence-electron chi connectivity index (χ0n) is 31.0. The van der Waals surface area contributed by atoms with Crippen LogP contribution in [-0.4, -0.2) is 46.5 Å². The normalized spacial score (nSPS) is 12.9. The first-order valence-electron chi connectivity index (χ1n) is 17.9. The molecule has 0 spiro atoms. The number of carbonyl (C=O) groups excluding carboxylic acids is 2. The zero-order valence-corrected chi connectivity index (χ0v) is 31.0. The molecule has 1 saturated heterocycles. The van der Waals surface area contributed by atoms with Gasteiger partial charge in [-0.2, -0.15) is 0 Å². The highest BCUT2D eigenvalue weighted by atomic mass is 16.3. The monoisotopic (exact) mass is 712 g/mol. The van der Waals surface area contributed by atoms with Crippen molar-refractivity contribution in [3.05, 3.63) is 135 Å². The number of amides is 1. The number of pyridine rings is 1. The van der Waals surface area contributed by atoms with Crippen molar-refractivity contribution >= 4 is 29.1 Å². The van der Waals surface area contributed by atoms with Gasteiger partial charge in [0.05, 0.1) is 0 Å². The number of hydrogen-bond donors (Lipinski definition) is 6. The quantitative estimate of drug-likeness (QED) is 0.0667. The van der Waals surface area contributed by atoms with Gasteiger partial charge in [0.15, 0.2) is 5.78 Å². The number of piperidine rings is 1. The molecule has 1 amide bonds. The maximum atomic E-state index is 12.3. The fraction of sp³-hybridized carbons (Fsp3) is 0.250. The van der Waals surface area contributed by atoms with Gasteiger partial charge in [-0.3, -0.25) is 14.4 Å². The molecule has 0 saturated carbocycles. The number of benzene rings is 4. The van der Waals surface area contributed by atoms with Gasteiger partial charge in [0, 0.05) is 47.7 Å². The van der Waals surface area contributed by atoms with Crippen molar-refractivity contribution < 1.29 is 19.8 Å². The maximum absolute atomic E-state index is 12.3. The molecule has 0 aliphatic carbocycles. The van der Waals surface area contributed by atoms with E-state index in [1.54, 1.807) is 55.5 Å². The lowest BCUT2D eigenvalue weighted by molar-refractivity contribution is -0.114. The van der Waals surface area contributed by atoms with E-state index >= 15 is 0 Å². The number of nitrogens with one attached hydrogen (secondary N) is 4. The molecule has 2 heterocycles. The van der Waals surface area contributed by atoms with Gasteiger partial charge in [-0.25, -0.2) is 0 Å². The van der Waals surface area contributed by atoms with Gasteiger partial charge < -0.3 is 31.1 Å². The third-order valence-corrected chi connectivity index (χ3v) is 9.40. The smallest absolute Gasteiger partial charge is 0.249 e. The number of aromatic nitrogens is 1. The van der Waals surface area contributed by atoms with Gasteiger partial charge in [0.1, 0.15) is 11.5 Å². The second kappa shape index (κ2) is 17.5. The van der Waals surface area contributed by atoms with E-state index in [1.165, 1.54) is 25.8 Å². The van der Waals surface area contributed by atoms with Crippen LogP contribution in [0.5, 0.6) is 11.5 Å². The van der Waals surface area contributed by atoms with Crippen molar-refractivity contribution in [3.63, 3.8) is 0 Å². The second-order valence-corrected chi connectivity index (χ2v) is 13.7. The van der Waals surface area contributed by atoms with Gasteiger partial charge in [-0.15, -0.1) is 0 Å². The van der Waals surface area contributed by atoms with Crippen LogP contribution in [0.25, 0.3) is 28.5 Å². The molecule has 0 atom stereocenters. The summed E-state index contributed by atoms with van der Waals surface area (Å²) in [7, 11) is 0. The number of ketones is 1. The van der Waals surface area contributed by atoms with E-state index in [2.05, 4.69) is 46.1 Å². The summed E-state index contributed by atoms with van der Waals surface area (Å²) in [6.07, 6.45) is 5.66. The first kappa shape index (κ1) is 38.3. The number of aromatic hydroxyl groups is 2. The minimum absolute atomic E-state index is 0.109. The minimum atomic E-state index is -0.147. The Kier molecular flexibility index (Phi) is 12.7. The van der Waals surface area contributed by atoms with Crippen LogP contribution in [-0.2, 0) is 4.79 Å². The Labute approximate surface area is 310 Å². The van der Waals surface area contributed by atoms with E-state index in [0.717, 1.165) is 75.5 Å². The number of aryl methyl sites for hydroxylation is 4. The number of aromatic amines is 1. The summed E-state index contributed by atoms with van der Waals surface area (Å²) in [5.41, 5.74) is 10.1. The van der Waals surface area contributed by atoms with Crippen LogP contribution in [0.1, 0.15) is 57.9 Å². The summed E-state index contributed by atoms with van der Waals surface area (Å²) in [4.78, 5) is 38.7. The molecule has 1 aliphatic heterocycles. The number of H-pyrrole nitrogens is 1. The summed E-state index contributed by atoms with van der Waals surface area (Å²) < 4.78 is 0. The van der Waals surface area contributed by atoms with E-state index in [9.17, 15) is 24.6 Å². The molecule has 5 aromatic rings. The molecule has 6 rings (SSSR count). The highest BCUT2D eigenvalue weighted by molar-refractivity contribution is 6.08. The lowest BCUT2D eigenvalue weighted by Crippen LogP contribution is -2.31. The number of allylic oxidation sites excluding steroid dienone is 1. The molecule has 0 bridgehead atoms. The van der Waals surface area contributed by atoms with Crippen LogP contribution < -0.4 is 21.5 Å². The molecule has 6 N–H and O–H groups in total. The summed E-state index contributed by atoms with van der Waals surface area (Å²) in [6.45, 7) is 12.2. The Hall–Kier alpha value is -5.93. The molecule has 1 fully saturated rings. The Bertz CT molecular complexity index is 2200. The van der Waals surface area contributed by atoms with Crippen LogP contribution in [0.4, 0.5) is 11.4 Å². The van der Waals surface area contributed by atoms with Crippen LogP contribution >= 0.6 is 0 Å². The fourth-order valence-corrected chi connectivity index (χ4v) is 6.38. The third kappa shape index (κ3) is 10.6. The molecule has 1 aliphatic rings. The van der Waals surface area contributed by atoms with E-state index in [4.69, 9.17) is 0 Å². The number of phenols is 2. The summed E-state index contributed by atoms with van der Waals surface area (Å²) >= 11 is 0. The molecule has 274 valence electrons. The minimum Gasteiger partial charge on any atom is -0.508 e. The molecular formula is C44H48N4O5. The number of hydrogen-bond acceptors (Lipinski definition) is 7. The van der Waals surface area contributed by atoms with Crippen LogP contribution in [0.15, 0.2) is 95.8 Å². The molecule has 9 heteroatoms. The van der Waals surface area contributed by atoms with E-state index < -0.39 is 0 Å².